The first-order valence-corrected chi connectivity index (χ1v) is 9.21. The van der Waals surface area contributed by atoms with Crippen LogP contribution in [0, 0.1) is 6.92 Å². The zero-order chi connectivity index (χ0) is 18.3. The number of ether oxygens (including phenoxy) is 1. The van der Waals surface area contributed by atoms with Crippen molar-refractivity contribution in [3.63, 3.8) is 0 Å². The summed E-state index contributed by atoms with van der Waals surface area (Å²) >= 11 is 1.49. The highest BCUT2D eigenvalue weighted by Crippen LogP contribution is 2.40. The largest absolute Gasteiger partial charge is 0.490 e. The Balaban J connectivity index is 2.03. The van der Waals surface area contributed by atoms with E-state index in [1.807, 2.05) is 32.0 Å². The van der Waals surface area contributed by atoms with E-state index in [1.54, 1.807) is 0 Å². The Morgan fingerprint density at radius 2 is 1.96 bits per heavy atom. The van der Waals surface area contributed by atoms with Crippen LogP contribution in [-0.2, 0) is 0 Å². The lowest BCUT2D eigenvalue weighted by molar-refractivity contribution is 0.100. The van der Waals surface area contributed by atoms with Gasteiger partial charge in [0, 0.05) is 23.6 Å². The minimum absolute atomic E-state index is 0.158. The van der Waals surface area contributed by atoms with Gasteiger partial charge < -0.3 is 4.74 Å². The maximum atomic E-state index is 11.9. The summed E-state index contributed by atoms with van der Waals surface area (Å²) in [4.78, 5) is 17.5. The van der Waals surface area contributed by atoms with Crippen molar-refractivity contribution >= 4 is 37.6 Å². The summed E-state index contributed by atoms with van der Waals surface area (Å²) in [5, 5.41) is 9.37. The summed E-state index contributed by atoms with van der Waals surface area (Å²) in [6.45, 7) is 5.82. The summed E-state index contributed by atoms with van der Waals surface area (Å²) in [7, 11) is 0. The number of pyridine rings is 1. The van der Waals surface area contributed by atoms with Crippen LogP contribution in [-0.4, -0.2) is 27.6 Å². The molecule has 26 heavy (non-hydrogen) atoms. The minimum atomic E-state index is -0.158. The van der Waals surface area contributed by atoms with Gasteiger partial charge in [-0.15, -0.1) is 21.5 Å². The number of hydrogen-bond donors (Lipinski definition) is 0. The first-order valence-electron chi connectivity index (χ1n) is 8.39. The highest BCUT2D eigenvalue weighted by atomic mass is 32.1. The number of rotatable bonds is 4. The van der Waals surface area contributed by atoms with Gasteiger partial charge in [-0.05, 0) is 25.5 Å². The van der Waals surface area contributed by atoms with Gasteiger partial charge in [-0.25, -0.2) is 4.98 Å². The third-order valence-corrected chi connectivity index (χ3v) is 5.31. The maximum Gasteiger partial charge on any atom is 0.183 e. The number of thiophene rings is 1. The van der Waals surface area contributed by atoms with Gasteiger partial charge >= 0.3 is 0 Å². The second kappa shape index (κ2) is 6.46. The van der Waals surface area contributed by atoms with Crippen LogP contribution in [0.2, 0.25) is 0 Å². The summed E-state index contributed by atoms with van der Waals surface area (Å²) in [6.07, 6.45) is 0. The molecule has 130 valence electrons. The Morgan fingerprint density at radius 1 is 1.19 bits per heavy atom. The molecule has 1 aromatic carbocycles. The van der Waals surface area contributed by atoms with E-state index in [1.165, 1.54) is 18.3 Å². The van der Waals surface area contributed by atoms with Crippen LogP contribution in [0.1, 0.15) is 30.0 Å². The van der Waals surface area contributed by atoms with Crippen molar-refractivity contribution in [3.8, 4) is 16.9 Å². The van der Waals surface area contributed by atoms with Crippen molar-refractivity contribution in [2.24, 2.45) is 0 Å². The molecule has 0 aliphatic rings. The van der Waals surface area contributed by atoms with Crippen molar-refractivity contribution < 1.29 is 9.53 Å². The van der Waals surface area contributed by atoms with Crippen molar-refractivity contribution in [3.05, 3.63) is 47.8 Å². The van der Waals surface area contributed by atoms with Crippen LogP contribution in [0.25, 0.3) is 31.6 Å². The van der Waals surface area contributed by atoms with Gasteiger partial charge in [-0.2, -0.15) is 0 Å². The quantitative estimate of drug-likeness (QED) is 0.487. The number of benzene rings is 1. The molecule has 0 aliphatic carbocycles. The molecule has 0 unspecified atom stereocenters. The number of carbonyl (C=O) groups excluding carboxylic acids is 1. The lowest BCUT2D eigenvalue weighted by Crippen LogP contribution is -2.05. The van der Waals surface area contributed by atoms with E-state index < -0.39 is 0 Å². The molecular weight excluding hydrogens is 346 g/mol. The topological polar surface area (TPSA) is 65.0 Å². The lowest BCUT2D eigenvalue weighted by Gasteiger charge is -2.07. The number of hydrogen-bond acceptors (Lipinski definition) is 6. The Morgan fingerprint density at radius 3 is 2.65 bits per heavy atom. The third-order valence-electron chi connectivity index (χ3n) is 4.23. The maximum absolute atomic E-state index is 11.9. The van der Waals surface area contributed by atoms with Gasteiger partial charge in [0.2, 0.25) is 0 Å². The van der Waals surface area contributed by atoms with Gasteiger partial charge in [0.25, 0.3) is 0 Å². The second-order valence-corrected chi connectivity index (χ2v) is 6.99. The molecule has 0 N–H and O–H groups in total. The van der Waals surface area contributed by atoms with E-state index >= 15 is 0 Å². The van der Waals surface area contributed by atoms with Crippen LogP contribution in [0.3, 0.4) is 0 Å². The van der Waals surface area contributed by atoms with Crippen LogP contribution < -0.4 is 4.74 Å². The fourth-order valence-electron chi connectivity index (χ4n) is 3.02. The molecule has 0 amide bonds. The van der Waals surface area contributed by atoms with Crippen molar-refractivity contribution in [1.82, 2.24) is 15.2 Å². The van der Waals surface area contributed by atoms with Crippen molar-refractivity contribution in [2.45, 2.75) is 20.8 Å². The monoisotopic (exact) mass is 363 g/mol. The van der Waals surface area contributed by atoms with Crippen LogP contribution in [0.15, 0.2) is 36.4 Å². The van der Waals surface area contributed by atoms with Gasteiger partial charge in [0.1, 0.15) is 15.0 Å². The zero-order valence-corrected chi connectivity index (χ0v) is 15.6. The number of aryl methyl sites for hydroxylation is 1. The smallest absolute Gasteiger partial charge is 0.183 e. The van der Waals surface area contributed by atoms with Gasteiger partial charge in [0.15, 0.2) is 17.2 Å². The van der Waals surface area contributed by atoms with Crippen LogP contribution in [0.4, 0.5) is 0 Å². The molecular formula is C20H17N3O2S. The normalized spacial score (nSPS) is 11.2. The molecule has 0 fully saturated rings. The number of Topliss-reactive ketones (excluding diaryl/α,β-unsaturated/α-hetero) is 1. The predicted molar refractivity (Wildman–Crippen MR) is 104 cm³/mol. The SMILES string of the molecule is CCOc1c(C(C)=O)nnc2c1sc1nc(C)c(-c3ccccc3)cc12. The van der Waals surface area contributed by atoms with Crippen LogP contribution >= 0.6 is 11.3 Å². The number of fused-ring (bicyclic) bond motifs is 3. The summed E-state index contributed by atoms with van der Waals surface area (Å²) < 4.78 is 6.56. The minimum Gasteiger partial charge on any atom is -0.490 e. The van der Waals surface area contributed by atoms with E-state index in [9.17, 15) is 4.79 Å². The summed E-state index contributed by atoms with van der Waals surface area (Å²) in [5.74, 6) is 0.348. The molecule has 3 aromatic heterocycles. The molecule has 0 bridgehead atoms. The molecule has 0 spiro atoms. The fraction of sp³-hybridized carbons (Fsp3) is 0.200. The fourth-order valence-corrected chi connectivity index (χ4v) is 4.16. The Hall–Kier alpha value is -2.86. The Kier molecular flexibility index (Phi) is 4.12. The molecule has 0 radical (unpaired) electrons. The van der Waals surface area contributed by atoms with E-state index in [0.717, 1.165) is 37.3 Å². The number of carbonyl (C=O) groups is 1. The van der Waals surface area contributed by atoms with Crippen LogP contribution in [0.5, 0.6) is 5.75 Å². The summed E-state index contributed by atoms with van der Waals surface area (Å²) in [5.41, 5.74) is 4.12. The molecule has 5 nitrogen and oxygen atoms in total. The first-order chi connectivity index (χ1) is 12.6. The number of nitrogens with zero attached hydrogens (tertiary/aromatic N) is 3. The number of aromatic nitrogens is 3. The van der Waals surface area contributed by atoms with Gasteiger partial charge in [-0.3, -0.25) is 4.79 Å². The molecule has 0 saturated carbocycles. The molecule has 0 saturated heterocycles. The molecule has 6 heteroatoms. The second-order valence-electron chi connectivity index (χ2n) is 5.99. The molecule has 4 rings (SSSR count). The third kappa shape index (κ3) is 2.63. The molecule has 0 atom stereocenters. The average Bonchev–Trinajstić information content (AvgIpc) is 2.99. The zero-order valence-electron chi connectivity index (χ0n) is 14.7. The van der Waals surface area contributed by atoms with Gasteiger partial charge in [0.05, 0.1) is 6.61 Å². The average molecular weight is 363 g/mol. The highest BCUT2D eigenvalue weighted by Gasteiger charge is 2.21. The van der Waals surface area contributed by atoms with E-state index in [2.05, 4.69) is 28.4 Å². The molecule has 4 aromatic rings. The van der Waals surface area contributed by atoms with E-state index in [0.29, 0.717) is 12.4 Å². The Labute approximate surface area is 154 Å². The van der Waals surface area contributed by atoms with E-state index in [4.69, 9.17) is 9.72 Å². The lowest BCUT2D eigenvalue weighted by atomic mass is 10.0. The first kappa shape index (κ1) is 16.6. The van der Waals surface area contributed by atoms with Gasteiger partial charge in [-0.1, -0.05) is 30.3 Å². The standard InChI is InChI=1S/C20H17N3O2S/c1-4-25-18-16(12(3)24)22-23-17-15-10-14(13-8-6-5-7-9-13)11(2)21-20(15)26-19(17)18/h5-10H,4H2,1-3H3. The van der Waals surface area contributed by atoms with Crippen molar-refractivity contribution in [1.29, 1.82) is 0 Å². The number of ketones is 1. The molecule has 3 heterocycles. The van der Waals surface area contributed by atoms with Crippen molar-refractivity contribution in [2.75, 3.05) is 6.61 Å². The Bertz CT molecular complexity index is 1140. The van der Waals surface area contributed by atoms with E-state index in [-0.39, 0.29) is 11.5 Å². The predicted octanol–water partition coefficient (Wildman–Crippen LogP) is 4.82. The summed E-state index contributed by atoms with van der Waals surface area (Å²) in [6, 6.07) is 12.2. The molecule has 0 aliphatic heterocycles. The highest BCUT2D eigenvalue weighted by molar-refractivity contribution is 7.25.